The maximum Gasteiger partial charge on any atom is 0.308 e. The lowest BCUT2D eigenvalue weighted by atomic mass is 9.92. The van der Waals surface area contributed by atoms with Gasteiger partial charge < -0.3 is 50.5 Å². The van der Waals surface area contributed by atoms with Crippen LogP contribution >= 0.6 is 0 Å². The van der Waals surface area contributed by atoms with Crippen molar-refractivity contribution in [2.75, 3.05) is 13.7 Å². The molecule has 4 unspecified atom stereocenters. The fourth-order valence-corrected chi connectivity index (χ4v) is 2.91. The van der Waals surface area contributed by atoms with E-state index in [1.165, 1.54) is 20.8 Å². The number of methoxy groups -OCH3 is 1. The van der Waals surface area contributed by atoms with Crippen LogP contribution in [0.25, 0.3) is 0 Å². The van der Waals surface area contributed by atoms with Crippen molar-refractivity contribution in [2.45, 2.75) is 76.7 Å². The second-order valence-electron chi connectivity index (χ2n) is 7.42. The average molecular weight is 441 g/mol. The Bertz CT molecular complexity index is 532. The normalized spacial score (nSPS) is 22.0. The third kappa shape index (κ3) is 8.04. The van der Waals surface area contributed by atoms with Crippen molar-refractivity contribution >= 4 is 11.9 Å². The Kier molecular flexibility index (Phi) is 12.5. The second kappa shape index (κ2) is 13.1. The minimum atomic E-state index is -2.17. The van der Waals surface area contributed by atoms with Crippen molar-refractivity contribution in [3.05, 3.63) is 0 Å². The van der Waals surface area contributed by atoms with Crippen molar-refractivity contribution in [2.24, 2.45) is 11.8 Å². The van der Waals surface area contributed by atoms with E-state index in [-0.39, 0.29) is 0 Å². The smallest absolute Gasteiger partial charge is 0.308 e. The van der Waals surface area contributed by atoms with E-state index in [0.717, 1.165) is 14.0 Å². The van der Waals surface area contributed by atoms with E-state index in [1.54, 1.807) is 0 Å². The van der Waals surface area contributed by atoms with E-state index in [4.69, 9.17) is 14.6 Å². The lowest BCUT2D eigenvalue weighted by molar-refractivity contribution is -0.249. The molecule has 0 aromatic rings. The van der Waals surface area contributed by atoms with Crippen LogP contribution in [-0.2, 0) is 19.1 Å². The van der Waals surface area contributed by atoms with E-state index in [1.807, 2.05) is 0 Å². The highest BCUT2D eigenvalue weighted by atomic mass is 16.6. The third-order valence-electron chi connectivity index (χ3n) is 4.88. The zero-order valence-corrected chi connectivity index (χ0v) is 17.7. The Morgan fingerprint density at radius 1 is 0.933 bits per heavy atom. The van der Waals surface area contributed by atoms with Gasteiger partial charge in [-0.05, 0) is 13.8 Å². The molecular formula is C18H35NO11. The molecule has 0 spiro atoms. The van der Waals surface area contributed by atoms with Crippen LogP contribution in [0.1, 0.15) is 27.7 Å². The topological polar surface area (TPSA) is 206 Å². The highest BCUT2D eigenvalue weighted by Gasteiger charge is 2.42. The summed E-state index contributed by atoms with van der Waals surface area (Å²) in [5.74, 6) is -3.94. The summed E-state index contributed by atoms with van der Waals surface area (Å²) in [6, 6.07) is -1.25. The largest absolute Gasteiger partial charge is 0.481 e. The van der Waals surface area contributed by atoms with Gasteiger partial charge in [-0.2, -0.15) is 0 Å². The van der Waals surface area contributed by atoms with E-state index in [2.05, 4.69) is 5.32 Å². The molecule has 0 fully saturated rings. The number of aliphatic hydroxyl groups excluding tert-OH is 6. The van der Waals surface area contributed by atoms with Crippen molar-refractivity contribution in [1.82, 2.24) is 5.32 Å². The molecule has 8 N–H and O–H groups in total. The summed E-state index contributed by atoms with van der Waals surface area (Å²) in [4.78, 5) is 22.6. The third-order valence-corrected chi connectivity index (χ3v) is 4.88. The van der Waals surface area contributed by atoms with Gasteiger partial charge in [0.05, 0.1) is 30.3 Å². The number of carboxylic acid groups (broad SMARTS) is 1. The zero-order valence-electron chi connectivity index (χ0n) is 17.7. The van der Waals surface area contributed by atoms with Gasteiger partial charge in [-0.3, -0.25) is 9.59 Å². The highest BCUT2D eigenvalue weighted by molar-refractivity contribution is 5.73. The number of carbonyl (C=O) groups excluding carboxylic acids is 1. The Balaban J connectivity index is 5.68. The van der Waals surface area contributed by atoms with Crippen LogP contribution in [0, 0.1) is 11.8 Å². The van der Waals surface area contributed by atoms with E-state index < -0.39 is 79.3 Å². The Hall–Kier alpha value is -1.38. The first kappa shape index (κ1) is 28.6. The molecule has 0 heterocycles. The molecule has 178 valence electrons. The van der Waals surface area contributed by atoms with E-state index >= 15 is 0 Å². The van der Waals surface area contributed by atoms with Gasteiger partial charge in [-0.15, -0.1) is 0 Å². The molecule has 12 heteroatoms. The Labute approximate surface area is 175 Å². The predicted octanol–water partition coefficient (Wildman–Crippen LogP) is -2.98. The molecule has 0 rings (SSSR count). The molecule has 12 nitrogen and oxygen atoms in total. The first-order chi connectivity index (χ1) is 13.8. The van der Waals surface area contributed by atoms with Crippen molar-refractivity contribution in [3.8, 4) is 0 Å². The number of hydrogen-bond acceptors (Lipinski definition) is 10. The van der Waals surface area contributed by atoms with Gasteiger partial charge in [-0.1, -0.05) is 6.92 Å². The maximum atomic E-state index is 11.5. The van der Waals surface area contributed by atoms with Gasteiger partial charge in [0.1, 0.15) is 18.3 Å². The zero-order chi connectivity index (χ0) is 23.8. The SMILES string of the molecule is CO[C@H](C(C)C(=O)O)[C@H](O)C(O)[C@@H](O)O[C@H](C(NC(C)=O)[C@@H](C)O)[C@H](O)C(C)CO. The average Bonchev–Trinajstić information content (AvgIpc) is 2.68. The van der Waals surface area contributed by atoms with Crippen LogP contribution in [-0.4, -0.2) is 110 Å². The quantitative estimate of drug-likeness (QED) is 0.128. The number of aliphatic carboxylic acids is 1. The fraction of sp³-hybridized carbons (Fsp3) is 0.889. The maximum absolute atomic E-state index is 11.5. The number of nitrogens with one attached hydrogen (secondary N) is 1. The summed E-state index contributed by atoms with van der Waals surface area (Å²) in [7, 11) is 1.11. The summed E-state index contributed by atoms with van der Waals surface area (Å²) < 4.78 is 10.2. The van der Waals surface area contributed by atoms with Crippen molar-refractivity contribution in [1.29, 1.82) is 0 Å². The van der Waals surface area contributed by atoms with Gasteiger partial charge >= 0.3 is 5.97 Å². The van der Waals surface area contributed by atoms with Crippen LogP contribution in [0.15, 0.2) is 0 Å². The number of ether oxygens (including phenoxy) is 2. The number of hydrogen-bond donors (Lipinski definition) is 8. The summed E-state index contributed by atoms with van der Waals surface area (Å²) in [6.45, 7) is 4.63. The monoisotopic (exact) mass is 441 g/mol. The van der Waals surface area contributed by atoms with Gasteiger partial charge in [0.25, 0.3) is 0 Å². The first-order valence-corrected chi connectivity index (χ1v) is 9.49. The molecule has 10 atom stereocenters. The summed E-state index contributed by atoms with van der Waals surface area (Å²) in [5.41, 5.74) is 0. The summed E-state index contributed by atoms with van der Waals surface area (Å²) >= 11 is 0. The second-order valence-corrected chi connectivity index (χ2v) is 7.42. The molecule has 0 aromatic carbocycles. The molecule has 30 heavy (non-hydrogen) atoms. The number of carbonyl (C=O) groups is 2. The molecule has 1 amide bonds. The van der Waals surface area contributed by atoms with Crippen molar-refractivity contribution < 1.29 is 54.8 Å². The number of aliphatic hydroxyl groups is 6. The Morgan fingerprint density at radius 2 is 1.47 bits per heavy atom. The molecular weight excluding hydrogens is 406 g/mol. The molecule has 0 aliphatic carbocycles. The van der Waals surface area contributed by atoms with Gasteiger partial charge in [0, 0.05) is 26.6 Å². The molecule has 0 aromatic heterocycles. The minimum absolute atomic E-state index is 0.489. The van der Waals surface area contributed by atoms with Crippen LogP contribution in [0.5, 0.6) is 0 Å². The molecule has 0 radical (unpaired) electrons. The Morgan fingerprint density at radius 3 is 1.83 bits per heavy atom. The molecule has 0 saturated heterocycles. The van der Waals surface area contributed by atoms with Crippen LogP contribution in [0.2, 0.25) is 0 Å². The molecule has 0 bridgehead atoms. The predicted molar refractivity (Wildman–Crippen MR) is 102 cm³/mol. The van der Waals surface area contributed by atoms with Crippen LogP contribution in [0.3, 0.4) is 0 Å². The molecule has 0 aliphatic rings. The fourth-order valence-electron chi connectivity index (χ4n) is 2.91. The first-order valence-electron chi connectivity index (χ1n) is 9.49. The van der Waals surface area contributed by atoms with Gasteiger partial charge in [-0.25, -0.2) is 0 Å². The van der Waals surface area contributed by atoms with Crippen LogP contribution in [0.4, 0.5) is 0 Å². The molecule has 0 aliphatic heterocycles. The number of rotatable bonds is 14. The van der Waals surface area contributed by atoms with E-state index in [9.17, 15) is 40.2 Å². The lowest BCUT2D eigenvalue weighted by Gasteiger charge is -2.38. The molecule has 0 saturated carbocycles. The summed E-state index contributed by atoms with van der Waals surface area (Å²) in [5, 5.41) is 72.1. The minimum Gasteiger partial charge on any atom is -0.481 e. The standard InChI is InChI=1S/C18H35NO11/c1-7(6-20)12(23)16(11(9(3)21)19-10(4)22)30-18(28)14(25)13(24)15(29-5)8(2)17(26)27/h7-9,11-16,18,20-21,23-25,28H,6H2,1-5H3,(H,19,22)(H,26,27)/t7?,8?,9-,11?,12-,13-,14?,15-,16-,18+/m1/s1. The highest BCUT2D eigenvalue weighted by Crippen LogP contribution is 2.22. The number of carboxylic acids is 1. The lowest BCUT2D eigenvalue weighted by Crippen LogP contribution is -2.59. The van der Waals surface area contributed by atoms with Crippen LogP contribution < -0.4 is 5.32 Å². The summed E-state index contributed by atoms with van der Waals surface area (Å²) in [6.07, 6.45) is -11.8. The van der Waals surface area contributed by atoms with Gasteiger partial charge in [0.2, 0.25) is 5.91 Å². The van der Waals surface area contributed by atoms with Crippen molar-refractivity contribution in [3.63, 3.8) is 0 Å². The van der Waals surface area contributed by atoms with E-state index in [0.29, 0.717) is 0 Å². The number of amides is 1. The van der Waals surface area contributed by atoms with Gasteiger partial charge in [0.15, 0.2) is 6.29 Å².